The summed E-state index contributed by atoms with van der Waals surface area (Å²) in [5.41, 5.74) is 0.174. The second-order valence-electron chi connectivity index (χ2n) is 6.20. The molecule has 0 aliphatic carbocycles. The molecule has 0 radical (unpaired) electrons. The van der Waals surface area contributed by atoms with E-state index in [-0.39, 0.29) is 23.4 Å². The highest BCUT2D eigenvalue weighted by molar-refractivity contribution is 5.94. The van der Waals surface area contributed by atoms with Gasteiger partial charge in [-0.25, -0.2) is 4.39 Å². The maximum absolute atomic E-state index is 13.5. The maximum Gasteiger partial charge on any atom is 0.254 e. The number of carbonyl (C=O) groups is 1. The Balaban J connectivity index is 1.91. The number of halogens is 1. The molecule has 0 bridgehead atoms. The first kappa shape index (κ1) is 16.1. The molecule has 3 rings (SSSR count). The van der Waals surface area contributed by atoms with E-state index in [4.69, 9.17) is 5.26 Å². The summed E-state index contributed by atoms with van der Waals surface area (Å²) in [6.07, 6.45) is 0. The van der Waals surface area contributed by atoms with Crippen molar-refractivity contribution >= 4 is 5.91 Å². The number of fused-ring (bicyclic) bond motifs is 1. The zero-order valence-electron chi connectivity index (χ0n) is 13.8. The molecule has 1 aliphatic heterocycles. The standard InChI is InChI=1S/C17H18FN5O/c1-10(2)15-20-21-16-11(3)22(6-7-23(15)16)17(24)12-4-5-14(18)13(8-12)9-19/h4-5,8,10-11H,6-7H2,1-3H3. The normalized spacial score (nSPS) is 16.8. The Morgan fingerprint density at radius 3 is 2.79 bits per heavy atom. The van der Waals surface area contributed by atoms with Gasteiger partial charge in [-0.05, 0) is 25.1 Å². The Morgan fingerprint density at radius 2 is 2.12 bits per heavy atom. The van der Waals surface area contributed by atoms with E-state index in [2.05, 4.69) is 28.6 Å². The Hall–Kier alpha value is -2.75. The van der Waals surface area contributed by atoms with E-state index < -0.39 is 5.82 Å². The monoisotopic (exact) mass is 327 g/mol. The van der Waals surface area contributed by atoms with Crippen molar-refractivity contribution in [3.05, 3.63) is 46.8 Å². The lowest BCUT2D eigenvalue weighted by atomic mass is 10.1. The van der Waals surface area contributed by atoms with Crippen LogP contribution in [0.5, 0.6) is 0 Å². The van der Waals surface area contributed by atoms with E-state index in [0.29, 0.717) is 18.7 Å². The van der Waals surface area contributed by atoms with Gasteiger partial charge >= 0.3 is 0 Å². The summed E-state index contributed by atoms with van der Waals surface area (Å²) in [6.45, 7) is 7.15. The van der Waals surface area contributed by atoms with Crippen LogP contribution in [0.4, 0.5) is 4.39 Å². The van der Waals surface area contributed by atoms with Gasteiger partial charge in [-0.2, -0.15) is 5.26 Å². The summed E-state index contributed by atoms with van der Waals surface area (Å²) in [5, 5.41) is 17.4. The molecule has 1 aromatic heterocycles. The van der Waals surface area contributed by atoms with Crippen LogP contribution < -0.4 is 0 Å². The number of hydrogen-bond acceptors (Lipinski definition) is 4. The molecule has 7 heteroatoms. The smallest absolute Gasteiger partial charge is 0.254 e. The van der Waals surface area contributed by atoms with Gasteiger partial charge in [0.25, 0.3) is 5.91 Å². The average Bonchev–Trinajstić information content (AvgIpc) is 3.00. The summed E-state index contributed by atoms with van der Waals surface area (Å²) in [4.78, 5) is 14.5. The molecule has 1 aromatic carbocycles. The average molecular weight is 327 g/mol. The lowest BCUT2D eigenvalue weighted by Gasteiger charge is -2.34. The molecule has 0 spiro atoms. The molecule has 2 aromatic rings. The predicted octanol–water partition coefficient (Wildman–Crippen LogP) is 2.63. The zero-order chi connectivity index (χ0) is 17.4. The lowest BCUT2D eigenvalue weighted by Crippen LogP contribution is -2.41. The predicted molar refractivity (Wildman–Crippen MR) is 84.7 cm³/mol. The Bertz CT molecular complexity index is 836. The number of benzene rings is 1. The number of amides is 1. The third-order valence-electron chi connectivity index (χ3n) is 4.32. The summed E-state index contributed by atoms with van der Waals surface area (Å²) in [7, 11) is 0. The summed E-state index contributed by atoms with van der Waals surface area (Å²) < 4.78 is 15.5. The van der Waals surface area contributed by atoms with Gasteiger partial charge in [0.2, 0.25) is 0 Å². The molecule has 0 saturated heterocycles. The van der Waals surface area contributed by atoms with Gasteiger partial charge in [0.05, 0.1) is 11.6 Å². The van der Waals surface area contributed by atoms with E-state index in [1.807, 2.05) is 6.92 Å². The summed E-state index contributed by atoms with van der Waals surface area (Å²) in [6, 6.07) is 5.38. The Labute approximate surface area is 139 Å². The van der Waals surface area contributed by atoms with Crippen LogP contribution in [0, 0.1) is 17.1 Å². The van der Waals surface area contributed by atoms with Crippen LogP contribution in [0.1, 0.15) is 60.3 Å². The van der Waals surface area contributed by atoms with Gasteiger partial charge in [0.1, 0.15) is 17.7 Å². The molecule has 24 heavy (non-hydrogen) atoms. The SMILES string of the molecule is CC(C)c1nnc2n1CCN(C(=O)c1ccc(F)c(C#N)c1)C2C. The molecule has 124 valence electrons. The van der Waals surface area contributed by atoms with Crippen LogP contribution in [-0.4, -0.2) is 32.1 Å². The van der Waals surface area contributed by atoms with Crippen LogP contribution in [0.25, 0.3) is 0 Å². The maximum atomic E-state index is 13.5. The van der Waals surface area contributed by atoms with Crippen LogP contribution >= 0.6 is 0 Å². The molecular formula is C17H18FN5O. The number of carbonyl (C=O) groups excluding carboxylic acids is 1. The van der Waals surface area contributed by atoms with Gasteiger partial charge in [-0.1, -0.05) is 13.8 Å². The third-order valence-corrected chi connectivity index (χ3v) is 4.32. The summed E-state index contributed by atoms with van der Waals surface area (Å²) in [5.74, 6) is 1.07. The number of rotatable bonds is 2. The molecule has 2 heterocycles. The van der Waals surface area contributed by atoms with Crippen molar-refractivity contribution in [2.24, 2.45) is 0 Å². The number of hydrogen-bond donors (Lipinski definition) is 0. The summed E-state index contributed by atoms with van der Waals surface area (Å²) >= 11 is 0. The van der Waals surface area contributed by atoms with Gasteiger partial charge in [-0.3, -0.25) is 4.79 Å². The van der Waals surface area contributed by atoms with Crippen LogP contribution in [0.15, 0.2) is 18.2 Å². The van der Waals surface area contributed by atoms with E-state index in [9.17, 15) is 9.18 Å². The van der Waals surface area contributed by atoms with Gasteiger partial charge in [0.15, 0.2) is 5.82 Å². The molecule has 6 nitrogen and oxygen atoms in total. The van der Waals surface area contributed by atoms with Crippen molar-refractivity contribution in [3.8, 4) is 6.07 Å². The van der Waals surface area contributed by atoms with Crippen molar-refractivity contribution in [1.82, 2.24) is 19.7 Å². The highest BCUT2D eigenvalue weighted by atomic mass is 19.1. The number of nitrogens with zero attached hydrogens (tertiary/aromatic N) is 5. The van der Waals surface area contributed by atoms with E-state index >= 15 is 0 Å². The largest absolute Gasteiger partial charge is 0.327 e. The number of nitriles is 1. The first-order chi connectivity index (χ1) is 11.4. The van der Waals surface area contributed by atoms with Gasteiger partial charge in [0, 0.05) is 24.6 Å². The van der Waals surface area contributed by atoms with E-state index in [1.165, 1.54) is 12.1 Å². The van der Waals surface area contributed by atoms with Crippen molar-refractivity contribution in [2.45, 2.75) is 39.3 Å². The van der Waals surface area contributed by atoms with Gasteiger partial charge in [-0.15, -0.1) is 10.2 Å². The highest BCUT2D eigenvalue weighted by Crippen LogP contribution is 2.28. The third kappa shape index (κ3) is 2.54. The van der Waals surface area contributed by atoms with E-state index in [1.54, 1.807) is 11.0 Å². The first-order valence-corrected chi connectivity index (χ1v) is 7.87. The van der Waals surface area contributed by atoms with Crippen molar-refractivity contribution in [1.29, 1.82) is 5.26 Å². The molecule has 1 atom stereocenters. The topological polar surface area (TPSA) is 74.8 Å². The van der Waals surface area contributed by atoms with Gasteiger partial charge < -0.3 is 9.47 Å². The number of aromatic nitrogens is 3. The Morgan fingerprint density at radius 1 is 1.38 bits per heavy atom. The van der Waals surface area contributed by atoms with Crippen molar-refractivity contribution in [2.75, 3.05) is 6.54 Å². The lowest BCUT2D eigenvalue weighted by molar-refractivity contribution is 0.0636. The minimum Gasteiger partial charge on any atom is -0.327 e. The second-order valence-corrected chi connectivity index (χ2v) is 6.20. The second kappa shape index (κ2) is 6.04. The molecule has 0 saturated carbocycles. The Kier molecular flexibility index (Phi) is 4.06. The zero-order valence-corrected chi connectivity index (χ0v) is 13.8. The molecule has 0 fully saturated rings. The minimum atomic E-state index is -0.623. The fourth-order valence-electron chi connectivity index (χ4n) is 3.02. The molecule has 1 unspecified atom stereocenters. The van der Waals surface area contributed by atoms with Crippen molar-refractivity contribution < 1.29 is 9.18 Å². The van der Waals surface area contributed by atoms with Crippen LogP contribution in [-0.2, 0) is 6.54 Å². The fraction of sp³-hybridized carbons (Fsp3) is 0.412. The first-order valence-electron chi connectivity index (χ1n) is 7.87. The molecular weight excluding hydrogens is 309 g/mol. The van der Waals surface area contributed by atoms with Crippen molar-refractivity contribution in [3.63, 3.8) is 0 Å². The minimum absolute atomic E-state index is 0.129. The molecule has 1 aliphatic rings. The molecule has 1 amide bonds. The quantitative estimate of drug-likeness (QED) is 0.850. The fourth-order valence-corrected chi connectivity index (χ4v) is 3.02. The highest BCUT2D eigenvalue weighted by Gasteiger charge is 2.32. The van der Waals surface area contributed by atoms with Crippen LogP contribution in [0.2, 0.25) is 0 Å². The van der Waals surface area contributed by atoms with E-state index in [0.717, 1.165) is 17.7 Å². The molecule has 0 N–H and O–H groups in total. The van der Waals surface area contributed by atoms with Crippen LogP contribution in [0.3, 0.4) is 0 Å².